The molecular weight excluding hydrogens is 556 g/mol. The lowest BCUT2D eigenvalue weighted by Gasteiger charge is -2.51. The van der Waals surface area contributed by atoms with Crippen molar-refractivity contribution < 1.29 is 28.5 Å². The van der Waals surface area contributed by atoms with Crippen LogP contribution in [0.2, 0.25) is 18.1 Å². The summed E-state index contributed by atoms with van der Waals surface area (Å²) in [5.74, 6) is 0. The Kier molecular flexibility index (Phi) is 11.9. The van der Waals surface area contributed by atoms with Gasteiger partial charge in [0.2, 0.25) is 0 Å². The van der Waals surface area contributed by atoms with Gasteiger partial charge in [0.05, 0.1) is 26.4 Å². The fourth-order valence-electron chi connectivity index (χ4n) is 5.03. The van der Waals surface area contributed by atoms with E-state index in [-0.39, 0.29) is 11.6 Å². The van der Waals surface area contributed by atoms with Crippen molar-refractivity contribution in [1.82, 2.24) is 0 Å². The van der Waals surface area contributed by atoms with Gasteiger partial charge in [-0.05, 0) is 34.8 Å². The standard InChI is InChI=1S/C36H48O6Si/c1-7-23-38-34-32(42-43(5,6)36(2,3)4)30(37)31(39-24-27-17-11-8-12-18-27)33(40-25-28-19-13-9-14-20-28)35(34)41-26-29-21-15-10-16-22-29/h7-22,30-35,37H,1,23-26H2,2-6H3/t30-,31+,32-,33+,34-,35-/m1/s1. The third kappa shape index (κ3) is 8.96. The molecular formula is C36H48O6Si. The first kappa shape index (κ1) is 33.3. The highest BCUT2D eigenvalue weighted by Gasteiger charge is 2.56. The molecule has 0 aromatic heterocycles. The molecule has 43 heavy (non-hydrogen) atoms. The average Bonchev–Trinajstić information content (AvgIpc) is 3.00. The van der Waals surface area contributed by atoms with Gasteiger partial charge in [0.1, 0.15) is 36.6 Å². The van der Waals surface area contributed by atoms with Gasteiger partial charge in [-0.15, -0.1) is 6.58 Å². The van der Waals surface area contributed by atoms with Crippen molar-refractivity contribution in [2.45, 2.75) is 95.3 Å². The first-order chi connectivity index (χ1) is 20.6. The second-order valence-electron chi connectivity index (χ2n) is 12.7. The quantitative estimate of drug-likeness (QED) is 0.157. The van der Waals surface area contributed by atoms with Gasteiger partial charge in [0, 0.05) is 0 Å². The molecule has 6 nitrogen and oxygen atoms in total. The van der Waals surface area contributed by atoms with Crippen LogP contribution >= 0.6 is 0 Å². The number of hydrogen-bond donors (Lipinski definition) is 1. The molecule has 1 N–H and O–H groups in total. The maximum Gasteiger partial charge on any atom is 0.192 e. The SMILES string of the molecule is C=CCO[C@H]1[C@H](OCc2ccccc2)[C@@H](OCc2ccccc2)[C@@H](OCc2ccccc2)[C@@H](O)[C@H]1O[Si](C)(C)C(C)(C)C. The molecule has 6 atom stereocenters. The Labute approximate surface area is 258 Å². The Morgan fingerprint density at radius 1 is 0.628 bits per heavy atom. The predicted octanol–water partition coefficient (Wildman–Crippen LogP) is 7.08. The number of rotatable bonds is 14. The van der Waals surface area contributed by atoms with E-state index >= 15 is 0 Å². The summed E-state index contributed by atoms with van der Waals surface area (Å²) in [6.45, 7) is 16.1. The van der Waals surface area contributed by atoms with Crippen LogP contribution in [0, 0.1) is 0 Å². The van der Waals surface area contributed by atoms with Gasteiger partial charge in [0.25, 0.3) is 0 Å². The number of benzene rings is 3. The van der Waals surface area contributed by atoms with Crippen molar-refractivity contribution in [3.05, 3.63) is 120 Å². The Morgan fingerprint density at radius 3 is 1.40 bits per heavy atom. The van der Waals surface area contributed by atoms with Gasteiger partial charge in [0.15, 0.2) is 8.32 Å². The molecule has 1 fully saturated rings. The average molecular weight is 605 g/mol. The van der Waals surface area contributed by atoms with Crippen molar-refractivity contribution in [3.8, 4) is 0 Å². The smallest absolute Gasteiger partial charge is 0.192 e. The van der Waals surface area contributed by atoms with E-state index in [9.17, 15) is 5.11 Å². The lowest BCUT2D eigenvalue weighted by molar-refractivity contribution is -0.267. The predicted molar refractivity (Wildman–Crippen MR) is 173 cm³/mol. The van der Waals surface area contributed by atoms with Crippen LogP contribution in [0.15, 0.2) is 104 Å². The lowest BCUT2D eigenvalue weighted by Crippen LogP contribution is -2.68. The molecule has 0 saturated heterocycles. The van der Waals surface area contributed by atoms with Crippen LogP contribution in [-0.4, -0.2) is 56.7 Å². The van der Waals surface area contributed by atoms with Crippen LogP contribution in [0.4, 0.5) is 0 Å². The second kappa shape index (κ2) is 15.4. The van der Waals surface area contributed by atoms with Gasteiger partial charge >= 0.3 is 0 Å². The third-order valence-corrected chi connectivity index (χ3v) is 12.9. The van der Waals surface area contributed by atoms with E-state index in [1.165, 1.54) is 0 Å². The van der Waals surface area contributed by atoms with Crippen LogP contribution in [0.3, 0.4) is 0 Å². The van der Waals surface area contributed by atoms with E-state index in [0.29, 0.717) is 19.8 Å². The summed E-state index contributed by atoms with van der Waals surface area (Å²) in [5.41, 5.74) is 3.05. The van der Waals surface area contributed by atoms with Crippen molar-refractivity contribution in [2.24, 2.45) is 0 Å². The zero-order chi connectivity index (χ0) is 30.9. The molecule has 0 radical (unpaired) electrons. The highest BCUT2D eigenvalue weighted by atomic mass is 28.4. The molecule has 1 aliphatic rings. The topological polar surface area (TPSA) is 66.4 Å². The van der Waals surface area contributed by atoms with Gasteiger partial charge in [-0.25, -0.2) is 0 Å². The van der Waals surface area contributed by atoms with Crippen LogP contribution in [0.1, 0.15) is 37.5 Å². The molecule has 3 aromatic rings. The fraction of sp³-hybridized carbons (Fsp3) is 0.444. The highest BCUT2D eigenvalue weighted by Crippen LogP contribution is 2.41. The fourth-order valence-corrected chi connectivity index (χ4v) is 6.34. The minimum atomic E-state index is -2.36. The minimum absolute atomic E-state index is 0.0862. The summed E-state index contributed by atoms with van der Waals surface area (Å²) in [5, 5.41) is 12.0. The van der Waals surface area contributed by atoms with Crippen LogP contribution in [0.25, 0.3) is 0 Å². The Morgan fingerprint density at radius 2 is 1.00 bits per heavy atom. The molecule has 0 unspecified atom stereocenters. The summed E-state index contributed by atoms with van der Waals surface area (Å²) in [6, 6.07) is 30.0. The first-order valence-electron chi connectivity index (χ1n) is 15.2. The largest absolute Gasteiger partial charge is 0.408 e. The highest BCUT2D eigenvalue weighted by molar-refractivity contribution is 6.74. The van der Waals surface area contributed by atoms with Crippen molar-refractivity contribution in [2.75, 3.05) is 6.61 Å². The molecule has 3 aromatic carbocycles. The van der Waals surface area contributed by atoms with Gasteiger partial charge in [-0.2, -0.15) is 0 Å². The third-order valence-electron chi connectivity index (χ3n) is 8.47. The summed E-state index contributed by atoms with van der Waals surface area (Å²) in [6.07, 6.45) is -2.60. The van der Waals surface area contributed by atoms with Gasteiger partial charge in [-0.1, -0.05) is 118 Å². The molecule has 0 bridgehead atoms. The van der Waals surface area contributed by atoms with E-state index in [0.717, 1.165) is 16.7 Å². The zero-order valence-corrected chi connectivity index (χ0v) is 27.2. The molecule has 0 aliphatic heterocycles. The summed E-state index contributed by atoms with van der Waals surface area (Å²) < 4.78 is 33.3. The second-order valence-corrected chi connectivity index (χ2v) is 17.5. The van der Waals surface area contributed by atoms with Crippen molar-refractivity contribution in [3.63, 3.8) is 0 Å². The summed E-state index contributed by atoms with van der Waals surface area (Å²) in [4.78, 5) is 0. The number of hydrogen-bond acceptors (Lipinski definition) is 6. The van der Waals surface area contributed by atoms with Gasteiger partial charge in [-0.3, -0.25) is 0 Å². The van der Waals surface area contributed by atoms with E-state index < -0.39 is 44.9 Å². The number of aliphatic hydroxyl groups excluding tert-OH is 1. The molecule has 232 valence electrons. The van der Waals surface area contributed by atoms with Crippen molar-refractivity contribution in [1.29, 1.82) is 0 Å². The first-order valence-corrected chi connectivity index (χ1v) is 18.1. The Balaban J connectivity index is 1.73. The van der Waals surface area contributed by atoms with E-state index in [2.05, 4.69) is 40.4 Å². The maximum absolute atomic E-state index is 12.1. The number of aliphatic hydroxyl groups is 1. The molecule has 1 saturated carbocycles. The van der Waals surface area contributed by atoms with Crippen LogP contribution < -0.4 is 0 Å². The molecule has 0 amide bonds. The monoisotopic (exact) mass is 604 g/mol. The Hall–Kier alpha value is -2.62. The Bertz CT molecular complexity index is 1230. The maximum atomic E-state index is 12.1. The van der Waals surface area contributed by atoms with E-state index in [1.807, 2.05) is 91.0 Å². The number of ether oxygens (including phenoxy) is 4. The van der Waals surface area contributed by atoms with E-state index in [4.69, 9.17) is 23.4 Å². The molecule has 0 spiro atoms. The van der Waals surface area contributed by atoms with E-state index in [1.54, 1.807) is 6.08 Å². The lowest BCUT2D eigenvalue weighted by atomic mass is 9.84. The molecule has 7 heteroatoms. The molecule has 4 rings (SSSR count). The summed E-state index contributed by atoms with van der Waals surface area (Å²) >= 11 is 0. The normalized spacial score (nSPS) is 24.5. The van der Waals surface area contributed by atoms with Crippen molar-refractivity contribution >= 4 is 8.32 Å². The molecule has 0 heterocycles. The summed E-state index contributed by atoms with van der Waals surface area (Å²) in [7, 11) is -2.36. The van der Waals surface area contributed by atoms with Gasteiger partial charge < -0.3 is 28.5 Å². The van der Waals surface area contributed by atoms with Crippen LogP contribution in [-0.2, 0) is 43.2 Å². The van der Waals surface area contributed by atoms with Crippen LogP contribution in [0.5, 0.6) is 0 Å². The molecule has 1 aliphatic carbocycles. The zero-order valence-electron chi connectivity index (χ0n) is 26.2. The minimum Gasteiger partial charge on any atom is -0.408 e.